The molecule has 0 atom stereocenters. The number of rotatable bonds is 10. The highest BCUT2D eigenvalue weighted by Crippen LogP contribution is 2.17. The number of furan rings is 1. The Morgan fingerprint density at radius 2 is 1.47 bits per heavy atom. The monoisotopic (exact) mass is 454 g/mol. The summed E-state index contributed by atoms with van der Waals surface area (Å²) in [6.07, 6.45) is 2.22. The highest BCUT2D eigenvalue weighted by atomic mass is 16.5. The number of hydrogen-bond acceptors (Lipinski definition) is 4. The second-order valence-electron chi connectivity index (χ2n) is 7.78. The SMILES string of the molecule is O=C(Nc1ccc(OCC(=O)N(CCc2ccccc2)Cc2ccccc2)cc1)c1ccco1. The maximum atomic E-state index is 13.0. The van der Waals surface area contributed by atoms with Crippen molar-refractivity contribution in [1.29, 1.82) is 0 Å². The van der Waals surface area contributed by atoms with Crippen LogP contribution in [0.4, 0.5) is 5.69 Å². The second kappa shape index (κ2) is 11.5. The maximum Gasteiger partial charge on any atom is 0.291 e. The lowest BCUT2D eigenvalue weighted by molar-refractivity contribution is -0.134. The molecule has 0 spiro atoms. The fourth-order valence-electron chi connectivity index (χ4n) is 3.48. The average Bonchev–Trinajstić information content (AvgIpc) is 3.42. The molecular weight excluding hydrogens is 428 g/mol. The van der Waals surface area contributed by atoms with Gasteiger partial charge < -0.3 is 19.4 Å². The molecule has 1 aromatic heterocycles. The smallest absolute Gasteiger partial charge is 0.291 e. The molecule has 172 valence electrons. The highest BCUT2D eigenvalue weighted by molar-refractivity contribution is 6.02. The first-order valence-electron chi connectivity index (χ1n) is 11.1. The van der Waals surface area contributed by atoms with Gasteiger partial charge in [-0.3, -0.25) is 9.59 Å². The molecule has 0 fully saturated rings. The van der Waals surface area contributed by atoms with Crippen molar-refractivity contribution in [2.75, 3.05) is 18.5 Å². The topological polar surface area (TPSA) is 71.8 Å². The Kier molecular flexibility index (Phi) is 7.74. The number of anilines is 1. The molecule has 3 aromatic carbocycles. The Balaban J connectivity index is 1.34. The summed E-state index contributed by atoms with van der Waals surface area (Å²) in [7, 11) is 0. The van der Waals surface area contributed by atoms with Gasteiger partial charge in [0.05, 0.1) is 6.26 Å². The third kappa shape index (κ3) is 6.59. The van der Waals surface area contributed by atoms with Gasteiger partial charge in [0.25, 0.3) is 11.8 Å². The van der Waals surface area contributed by atoms with Gasteiger partial charge in [0, 0.05) is 18.8 Å². The minimum Gasteiger partial charge on any atom is -0.484 e. The maximum absolute atomic E-state index is 13.0. The van der Waals surface area contributed by atoms with Crippen LogP contribution in [0.1, 0.15) is 21.7 Å². The minimum atomic E-state index is -0.330. The molecule has 0 radical (unpaired) electrons. The molecule has 1 heterocycles. The van der Waals surface area contributed by atoms with E-state index in [2.05, 4.69) is 17.4 Å². The van der Waals surface area contributed by atoms with E-state index < -0.39 is 0 Å². The molecule has 4 rings (SSSR count). The Labute approximate surface area is 198 Å². The van der Waals surface area contributed by atoms with Gasteiger partial charge in [-0.15, -0.1) is 0 Å². The van der Waals surface area contributed by atoms with E-state index in [9.17, 15) is 9.59 Å². The zero-order valence-corrected chi connectivity index (χ0v) is 18.7. The van der Waals surface area contributed by atoms with Crippen molar-refractivity contribution < 1.29 is 18.7 Å². The zero-order valence-electron chi connectivity index (χ0n) is 18.7. The minimum absolute atomic E-state index is 0.0697. The van der Waals surface area contributed by atoms with E-state index in [4.69, 9.17) is 9.15 Å². The summed E-state index contributed by atoms with van der Waals surface area (Å²) in [4.78, 5) is 26.9. The summed E-state index contributed by atoms with van der Waals surface area (Å²) in [5, 5.41) is 2.75. The number of hydrogen-bond donors (Lipinski definition) is 1. The molecule has 6 nitrogen and oxygen atoms in total. The van der Waals surface area contributed by atoms with Crippen molar-refractivity contribution in [2.45, 2.75) is 13.0 Å². The molecule has 0 aliphatic rings. The van der Waals surface area contributed by atoms with Crippen LogP contribution in [0.3, 0.4) is 0 Å². The predicted molar refractivity (Wildman–Crippen MR) is 131 cm³/mol. The number of ether oxygens (including phenoxy) is 1. The van der Waals surface area contributed by atoms with Gasteiger partial charge >= 0.3 is 0 Å². The van der Waals surface area contributed by atoms with Crippen LogP contribution < -0.4 is 10.1 Å². The van der Waals surface area contributed by atoms with Crippen molar-refractivity contribution in [3.63, 3.8) is 0 Å². The van der Waals surface area contributed by atoms with Gasteiger partial charge in [0.15, 0.2) is 12.4 Å². The summed E-state index contributed by atoms with van der Waals surface area (Å²) in [5.41, 5.74) is 2.86. The van der Waals surface area contributed by atoms with Gasteiger partial charge in [-0.2, -0.15) is 0 Å². The Morgan fingerprint density at radius 1 is 0.794 bits per heavy atom. The Hall–Kier alpha value is -4.32. The van der Waals surface area contributed by atoms with Crippen molar-refractivity contribution in [1.82, 2.24) is 4.90 Å². The molecule has 0 aliphatic heterocycles. The molecule has 1 N–H and O–H groups in total. The van der Waals surface area contributed by atoms with Gasteiger partial charge in [0.2, 0.25) is 0 Å². The summed E-state index contributed by atoms with van der Waals surface area (Å²) in [6, 6.07) is 30.2. The van der Waals surface area contributed by atoms with E-state index in [-0.39, 0.29) is 24.2 Å². The number of benzene rings is 3. The predicted octanol–water partition coefficient (Wildman–Crippen LogP) is 5.18. The summed E-state index contributed by atoms with van der Waals surface area (Å²) in [6.45, 7) is 1.05. The lowest BCUT2D eigenvalue weighted by atomic mass is 10.1. The van der Waals surface area contributed by atoms with Crippen molar-refractivity contribution in [3.8, 4) is 5.75 Å². The van der Waals surface area contributed by atoms with Gasteiger partial charge in [-0.25, -0.2) is 0 Å². The molecule has 34 heavy (non-hydrogen) atoms. The molecule has 0 bridgehead atoms. The number of nitrogens with zero attached hydrogens (tertiary/aromatic N) is 1. The second-order valence-corrected chi connectivity index (χ2v) is 7.78. The van der Waals surface area contributed by atoms with Crippen LogP contribution in [0.2, 0.25) is 0 Å². The number of amides is 2. The largest absolute Gasteiger partial charge is 0.484 e. The van der Waals surface area contributed by atoms with Crippen LogP contribution in [-0.2, 0) is 17.8 Å². The van der Waals surface area contributed by atoms with E-state index in [1.54, 1.807) is 36.4 Å². The fraction of sp³-hybridized carbons (Fsp3) is 0.143. The summed E-state index contributed by atoms with van der Waals surface area (Å²) < 4.78 is 10.8. The van der Waals surface area contributed by atoms with Gasteiger partial charge in [0.1, 0.15) is 5.75 Å². The average molecular weight is 455 g/mol. The Morgan fingerprint density at radius 3 is 2.12 bits per heavy atom. The molecule has 0 unspecified atom stereocenters. The van der Waals surface area contributed by atoms with Crippen LogP contribution in [0.5, 0.6) is 5.75 Å². The van der Waals surface area contributed by atoms with Crippen molar-refractivity contribution in [2.24, 2.45) is 0 Å². The van der Waals surface area contributed by atoms with E-state index in [1.807, 2.05) is 53.4 Å². The van der Waals surface area contributed by atoms with Crippen LogP contribution in [0.15, 0.2) is 108 Å². The molecule has 0 saturated carbocycles. The van der Waals surface area contributed by atoms with Gasteiger partial charge in [-0.05, 0) is 53.9 Å². The third-order valence-electron chi connectivity index (χ3n) is 5.30. The van der Waals surface area contributed by atoms with Crippen molar-refractivity contribution in [3.05, 3.63) is 120 Å². The third-order valence-corrected chi connectivity index (χ3v) is 5.30. The van der Waals surface area contributed by atoms with Crippen LogP contribution in [0.25, 0.3) is 0 Å². The van der Waals surface area contributed by atoms with E-state index in [0.29, 0.717) is 24.5 Å². The highest BCUT2D eigenvalue weighted by Gasteiger charge is 2.15. The van der Waals surface area contributed by atoms with Crippen LogP contribution in [0, 0.1) is 0 Å². The van der Waals surface area contributed by atoms with Crippen LogP contribution >= 0.6 is 0 Å². The Bertz CT molecular complexity index is 1170. The molecule has 0 aliphatic carbocycles. The number of carbonyl (C=O) groups excluding carboxylic acids is 2. The van der Waals surface area contributed by atoms with E-state index in [1.165, 1.54) is 11.8 Å². The van der Waals surface area contributed by atoms with E-state index in [0.717, 1.165) is 12.0 Å². The molecule has 0 saturated heterocycles. The zero-order chi connectivity index (χ0) is 23.6. The lowest BCUT2D eigenvalue weighted by Crippen LogP contribution is -2.36. The first-order chi connectivity index (χ1) is 16.7. The first-order valence-corrected chi connectivity index (χ1v) is 11.1. The fourth-order valence-corrected chi connectivity index (χ4v) is 3.48. The van der Waals surface area contributed by atoms with Crippen molar-refractivity contribution >= 4 is 17.5 Å². The molecular formula is C28H26N2O4. The summed E-state index contributed by atoms with van der Waals surface area (Å²) in [5.74, 6) is 0.366. The quantitative estimate of drug-likeness (QED) is 0.358. The summed E-state index contributed by atoms with van der Waals surface area (Å²) >= 11 is 0. The normalized spacial score (nSPS) is 10.5. The number of nitrogens with one attached hydrogen (secondary N) is 1. The molecule has 6 heteroatoms. The van der Waals surface area contributed by atoms with Gasteiger partial charge in [-0.1, -0.05) is 60.7 Å². The molecule has 2 amide bonds. The molecule has 4 aromatic rings. The van der Waals surface area contributed by atoms with E-state index >= 15 is 0 Å². The lowest BCUT2D eigenvalue weighted by Gasteiger charge is -2.23. The van der Waals surface area contributed by atoms with Crippen LogP contribution in [-0.4, -0.2) is 29.9 Å². The number of carbonyl (C=O) groups is 2. The standard InChI is InChI=1S/C28H26N2O4/c31-27(21-34-25-15-13-24(14-16-25)29-28(32)26-12-7-19-33-26)30(20-23-10-5-2-6-11-23)18-17-22-8-3-1-4-9-22/h1-16,19H,17-18,20-21H2,(H,29,32). The first kappa shape index (κ1) is 22.9.